The Balaban J connectivity index is 2.17. The molecule has 0 spiro atoms. The Morgan fingerprint density at radius 2 is 1.92 bits per heavy atom. The SMILES string of the molecule is C=C[C@@]12[C@H]3CCCC(N4C(=N)[C@]1(C#N)C(C#N)=C4C#N)[C@]32[Si](C)(C)C. The molecule has 1 unspecified atom stereocenters. The Morgan fingerprint density at radius 3 is 2.40 bits per heavy atom. The fourth-order valence-corrected chi connectivity index (χ4v) is 11.5. The van der Waals surface area contributed by atoms with E-state index in [0.717, 1.165) is 19.3 Å². The monoisotopic (exact) mass is 347 g/mol. The van der Waals surface area contributed by atoms with Crippen LogP contribution in [0.1, 0.15) is 19.3 Å². The first kappa shape index (κ1) is 16.1. The summed E-state index contributed by atoms with van der Waals surface area (Å²) in [6.45, 7) is 11.1. The molecule has 1 N–H and O–H groups in total. The first-order valence-electron chi connectivity index (χ1n) is 8.76. The van der Waals surface area contributed by atoms with Gasteiger partial charge in [0.05, 0.1) is 25.8 Å². The minimum absolute atomic E-state index is 0.0328. The topological polar surface area (TPSA) is 98.5 Å². The maximum absolute atomic E-state index is 10.3. The third-order valence-corrected chi connectivity index (χ3v) is 11.1. The third-order valence-electron chi connectivity index (χ3n) is 7.53. The van der Waals surface area contributed by atoms with Crippen molar-refractivity contribution in [1.82, 2.24) is 4.90 Å². The van der Waals surface area contributed by atoms with E-state index in [-0.39, 0.29) is 34.1 Å². The summed E-state index contributed by atoms with van der Waals surface area (Å²) in [5, 5.41) is 38.7. The maximum atomic E-state index is 10.3. The summed E-state index contributed by atoms with van der Waals surface area (Å²) in [6.07, 6.45) is 4.84. The second-order valence-corrected chi connectivity index (χ2v) is 14.0. The zero-order valence-corrected chi connectivity index (χ0v) is 15.8. The lowest BCUT2D eigenvalue weighted by Gasteiger charge is -2.52. The molecule has 126 valence electrons. The highest BCUT2D eigenvalue weighted by Crippen LogP contribution is 2.93. The fourth-order valence-electron chi connectivity index (χ4n) is 7.19. The quantitative estimate of drug-likeness (QED) is 0.610. The smallest absolute Gasteiger partial charge is 0.161 e. The van der Waals surface area contributed by atoms with E-state index in [9.17, 15) is 15.8 Å². The van der Waals surface area contributed by atoms with Gasteiger partial charge in [-0.3, -0.25) is 5.41 Å². The second kappa shape index (κ2) is 4.24. The summed E-state index contributed by atoms with van der Waals surface area (Å²) >= 11 is 0. The van der Waals surface area contributed by atoms with Gasteiger partial charge in [0.2, 0.25) is 0 Å². The molecule has 2 aliphatic heterocycles. The molecule has 0 aromatic rings. The van der Waals surface area contributed by atoms with Gasteiger partial charge < -0.3 is 4.90 Å². The predicted octanol–water partition coefficient (Wildman–Crippen LogP) is 3.54. The van der Waals surface area contributed by atoms with E-state index >= 15 is 0 Å². The zero-order valence-electron chi connectivity index (χ0n) is 14.8. The molecular weight excluding hydrogens is 326 g/mol. The van der Waals surface area contributed by atoms with Crippen molar-refractivity contribution in [3.05, 3.63) is 23.9 Å². The summed E-state index contributed by atoms with van der Waals surface area (Å²) in [4.78, 5) is 1.76. The van der Waals surface area contributed by atoms with E-state index in [2.05, 4.69) is 44.4 Å². The first-order valence-corrected chi connectivity index (χ1v) is 12.3. The number of nitriles is 3. The van der Waals surface area contributed by atoms with Gasteiger partial charge >= 0.3 is 0 Å². The summed E-state index contributed by atoms with van der Waals surface area (Å²) < 4.78 is 0. The Bertz CT molecular complexity index is 891. The van der Waals surface area contributed by atoms with Crippen molar-refractivity contribution < 1.29 is 0 Å². The molecule has 0 amide bonds. The first-order chi connectivity index (χ1) is 11.8. The summed E-state index contributed by atoms with van der Waals surface area (Å²) in [5.74, 6) is 0.405. The van der Waals surface area contributed by atoms with Gasteiger partial charge in [-0.2, -0.15) is 15.8 Å². The molecular formula is C19H21N5Si. The van der Waals surface area contributed by atoms with Crippen LogP contribution in [0.3, 0.4) is 0 Å². The maximum Gasteiger partial charge on any atom is 0.161 e. The molecule has 1 saturated heterocycles. The van der Waals surface area contributed by atoms with Crippen LogP contribution in [0, 0.1) is 56.2 Å². The van der Waals surface area contributed by atoms with E-state index in [1.165, 1.54) is 0 Å². The Hall–Kier alpha value is -2.36. The van der Waals surface area contributed by atoms with E-state index in [4.69, 9.17) is 5.41 Å². The van der Waals surface area contributed by atoms with Crippen LogP contribution in [0.2, 0.25) is 24.7 Å². The van der Waals surface area contributed by atoms with Crippen molar-refractivity contribution in [3.63, 3.8) is 0 Å². The van der Waals surface area contributed by atoms with Gasteiger partial charge in [0.25, 0.3) is 0 Å². The zero-order chi connectivity index (χ0) is 18.4. The minimum Gasteiger partial charge on any atom is -0.316 e. The fraction of sp³-hybridized carbons (Fsp3) is 0.579. The van der Waals surface area contributed by atoms with Gasteiger partial charge in [0.1, 0.15) is 17.6 Å². The number of allylic oxidation sites excluding steroid dienone is 2. The lowest BCUT2D eigenvalue weighted by Crippen LogP contribution is -2.59. The van der Waals surface area contributed by atoms with Gasteiger partial charge in [-0.25, -0.2) is 0 Å². The van der Waals surface area contributed by atoms with Crippen molar-refractivity contribution in [2.45, 2.75) is 50.0 Å². The van der Waals surface area contributed by atoms with Gasteiger partial charge in [-0.15, -0.1) is 6.58 Å². The number of amidine groups is 1. The molecule has 4 aliphatic rings. The highest BCUT2D eigenvalue weighted by Gasteiger charge is 2.93. The van der Waals surface area contributed by atoms with Crippen molar-refractivity contribution in [2.75, 3.05) is 0 Å². The number of hydrogen-bond donors (Lipinski definition) is 1. The lowest BCUT2D eigenvalue weighted by atomic mass is 9.65. The predicted molar refractivity (Wildman–Crippen MR) is 95.7 cm³/mol. The molecule has 5 atom stereocenters. The molecule has 2 saturated carbocycles. The van der Waals surface area contributed by atoms with Crippen molar-refractivity contribution in [1.29, 1.82) is 21.2 Å². The van der Waals surface area contributed by atoms with Crippen LogP contribution in [0.4, 0.5) is 0 Å². The number of fused-ring (bicyclic) bond motifs is 5. The van der Waals surface area contributed by atoms with Crippen LogP contribution >= 0.6 is 0 Å². The third kappa shape index (κ3) is 1.16. The molecule has 25 heavy (non-hydrogen) atoms. The highest BCUT2D eigenvalue weighted by molar-refractivity contribution is 6.81. The largest absolute Gasteiger partial charge is 0.316 e. The molecule has 2 heterocycles. The van der Waals surface area contributed by atoms with Gasteiger partial charge in [0, 0.05) is 16.5 Å². The van der Waals surface area contributed by atoms with Crippen LogP contribution in [-0.2, 0) is 0 Å². The molecule has 0 radical (unpaired) electrons. The second-order valence-electron chi connectivity index (χ2n) is 8.72. The molecule has 2 bridgehead atoms. The van der Waals surface area contributed by atoms with Gasteiger partial charge in [0.15, 0.2) is 5.41 Å². The molecule has 0 aromatic heterocycles. The number of nitrogens with one attached hydrogen (secondary N) is 1. The Labute approximate surface area is 149 Å². The van der Waals surface area contributed by atoms with E-state index in [0.29, 0.717) is 0 Å². The number of piperidine rings is 1. The van der Waals surface area contributed by atoms with Crippen LogP contribution in [0.5, 0.6) is 0 Å². The normalized spacial score (nSPS) is 43.7. The average Bonchev–Trinajstić information content (AvgIpc) is 3.17. The number of hydrogen-bond acceptors (Lipinski definition) is 4. The van der Waals surface area contributed by atoms with Crippen LogP contribution in [-0.4, -0.2) is 24.9 Å². The van der Waals surface area contributed by atoms with Gasteiger partial charge in [-0.1, -0.05) is 32.1 Å². The van der Waals surface area contributed by atoms with E-state index in [1.807, 2.05) is 6.08 Å². The minimum atomic E-state index is -1.82. The Kier molecular flexibility index (Phi) is 2.73. The summed E-state index contributed by atoms with van der Waals surface area (Å²) in [7, 11) is -1.82. The van der Waals surface area contributed by atoms with Gasteiger partial charge in [-0.05, 0) is 18.8 Å². The standard InChI is InChI=1S/C19H21N5Si/c1-5-18-14-7-6-8-15(19(14,18)25(2,3)4)24-13(10-21)12(9-20)17(18,11-22)16(24)23/h5,14-15,23H,1,6-8H2,2-4H3/t14-,15?,17+,18-,19-/m1/s1. The van der Waals surface area contributed by atoms with Crippen molar-refractivity contribution >= 4 is 13.9 Å². The number of rotatable bonds is 2. The summed E-state index contributed by atoms with van der Waals surface area (Å²) in [6, 6.07) is 6.71. The van der Waals surface area contributed by atoms with Crippen LogP contribution < -0.4 is 0 Å². The average molecular weight is 347 g/mol. The molecule has 0 aromatic carbocycles. The molecule has 3 fully saturated rings. The molecule has 2 aliphatic carbocycles. The molecule has 5 nitrogen and oxygen atoms in total. The molecule has 4 rings (SSSR count). The van der Waals surface area contributed by atoms with E-state index < -0.39 is 18.9 Å². The lowest BCUT2D eigenvalue weighted by molar-refractivity contribution is 0.234. The van der Waals surface area contributed by atoms with E-state index in [1.54, 1.807) is 4.90 Å². The van der Waals surface area contributed by atoms with Crippen LogP contribution in [0.25, 0.3) is 0 Å². The van der Waals surface area contributed by atoms with Crippen molar-refractivity contribution in [3.8, 4) is 18.2 Å². The number of nitrogens with zero attached hydrogens (tertiary/aromatic N) is 4. The highest BCUT2D eigenvalue weighted by atomic mass is 28.3. The van der Waals surface area contributed by atoms with Crippen LogP contribution in [0.15, 0.2) is 23.9 Å². The van der Waals surface area contributed by atoms with Crippen molar-refractivity contribution in [2.24, 2.45) is 16.7 Å². The Morgan fingerprint density at radius 1 is 1.24 bits per heavy atom. The molecule has 6 heteroatoms. The summed E-state index contributed by atoms with van der Waals surface area (Å²) in [5.41, 5.74) is -1.53.